The number of amides is 1. The third-order valence-electron chi connectivity index (χ3n) is 5.14. The number of aryl methyl sites for hydroxylation is 1. The Labute approximate surface area is 200 Å². The van der Waals surface area contributed by atoms with Crippen LogP contribution in [0, 0.1) is 6.92 Å². The van der Waals surface area contributed by atoms with Crippen LogP contribution in [0.2, 0.25) is 0 Å². The highest BCUT2D eigenvalue weighted by atomic mass is 16.6. The smallest absolute Gasteiger partial charge is 0.337 e. The van der Waals surface area contributed by atoms with E-state index >= 15 is 0 Å². The summed E-state index contributed by atoms with van der Waals surface area (Å²) >= 11 is 0. The van der Waals surface area contributed by atoms with Crippen molar-refractivity contribution in [3.8, 4) is 17.3 Å². The normalized spacial score (nSPS) is 17.6. The van der Waals surface area contributed by atoms with Gasteiger partial charge in [0.1, 0.15) is 29.1 Å². The molecule has 0 saturated carbocycles. The van der Waals surface area contributed by atoms with Gasteiger partial charge in [-0.2, -0.15) is 4.80 Å². The van der Waals surface area contributed by atoms with Crippen molar-refractivity contribution >= 4 is 11.9 Å². The van der Waals surface area contributed by atoms with Crippen LogP contribution in [-0.4, -0.2) is 81.7 Å². The number of ether oxygens (including phenoxy) is 4. The minimum atomic E-state index is -0.743. The highest BCUT2D eigenvalue weighted by molar-refractivity contribution is 5.93. The summed E-state index contributed by atoms with van der Waals surface area (Å²) in [5, 5.41) is 15.2. The van der Waals surface area contributed by atoms with Crippen LogP contribution < -0.4 is 10.1 Å². The van der Waals surface area contributed by atoms with Gasteiger partial charge < -0.3 is 24.3 Å². The number of rotatable bonds is 8. The lowest BCUT2D eigenvalue weighted by molar-refractivity contribution is -0.180. The molecular formula is C22H25N7O6. The van der Waals surface area contributed by atoms with Gasteiger partial charge in [0.2, 0.25) is 5.82 Å². The molecule has 35 heavy (non-hydrogen) atoms. The monoisotopic (exact) mass is 483 g/mol. The zero-order valence-electron chi connectivity index (χ0n) is 19.5. The average Bonchev–Trinajstić information content (AvgIpc) is 3.35. The standard InChI is InChI=1S/C22H25N7O6/c1-13-24-17(8-18(25-13)21(30)23-9-14-5-4-6-15(7-14)32-2)20-26-28-29(27-20)10-16-11-35-19(12-34-16)22(31)33-3/h4-8,16,19H,9-12H2,1-3H3,(H,23,30)/t16-,19+/m1/s1. The summed E-state index contributed by atoms with van der Waals surface area (Å²) in [6.07, 6.45) is -1.10. The van der Waals surface area contributed by atoms with E-state index in [1.807, 2.05) is 24.3 Å². The molecule has 1 saturated heterocycles. The van der Waals surface area contributed by atoms with Crippen LogP contribution >= 0.6 is 0 Å². The zero-order chi connectivity index (χ0) is 24.8. The molecule has 1 fully saturated rings. The number of carbonyl (C=O) groups excluding carboxylic acids is 2. The first-order valence-corrected chi connectivity index (χ1v) is 10.8. The maximum absolute atomic E-state index is 12.7. The van der Waals surface area contributed by atoms with E-state index < -0.39 is 12.1 Å². The van der Waals surface area contributed by atoms with Crippen LogP contribution in [0.4, 0.5) is 0 Å². The Bertz CT molecular complexity index is 1190. The van der Waals surface area contributed by atoms with Gasteiger partial charge in [-0.1, -0.05) is 12.1 Å². The van der Waals surface area contributed by atoms with Crippen molar-refractivity contribution in [2.75, 3.05) is 27.4 Å². The first-order chi connectivity index (χ1) is 16.9. The molecule has 1 N–H and O–H groups in total. The fraction of sp³-hybridized carbons (Fsp3) is 0.409. The quantitative estimate of drug-likeness (QED) is 0.441. The van der Waals surface area contributed by atoms with Crippen molar-refractivity contribution in [1.82, 2.24) is 35.5 Å². The molecule has 1 aliphatic rings. The largest absolute Gasteiger partial charge is 0.497 e. The highest BCUT2D eigenvalue weighted by Crippen LogP contribution is 2.15. The van der Waals surface area contributed by atoms with E-state index in [0.717, 1.165) is 5.56 Å². The van der Waals surface area contributed by atoms with Crippen molar-refractivity contribution in [2.24, 2.45) is 0 Å². The molecule has 3 heterocycles. The zero-order valence-corrected chi connectivity index (χ0v) is 19.5. The number of nitrogens with one attached hydrogen (secondary N) is 1. The highest BCUT2D eigenvalue weighted by Gasteiger charge is 2.29. The summed E-state index contributed by atoms with van der Waals surface area (Å²) in [7, 11) is 2.88. The number of hydrogen-bond donors (Lipinski definition) is 1. The number of tetrazole rings is 1. The second-order valence-corrected chi connectivity index (χ2v) is 7.69. The van der Waals surface area contributed by atoms with Crippen molar-refractivity contribution in [1.29, 1.82) is 0 Å². The van der Waals surface area contributed by atoms with Crippen LogP contribution in [0.3, 0.4) is 0 Å². The van der Waals surface area contributed by atoms with E-state index in [9.17, 15) is 9.59 Å². The lowest BCUT2D eigenvalue weighted by Gasteiger charge is -2.27. The van der Waals surface area contributed by atoms with Gasteiger partial charge in [-0.3, -0.25) is 4.79 Å². The summed E-state index contributed by atoms with van der Waals surface area (Å²) in [5.41, 5.74) is 1.44. The number of carbonyl (C=O) groups is 2. The number of aromatic nitrogens is 6. The third-order valence-corrected chi connectivity index (χ3v) is 5.14. The molecule has 0 spiro atoms. The molecule has 1 aliphatic heterocycles. The molecule has 0 bridgehead atoms. The van der Waals surface area contributed by atoms with Gasteiger partial charge in [-0.05, 0) is 35.9 Å². The summed E-state index contributed by atoms with van der Waals surface area (Å²) in [5.74, 6) is 0.497. The Hall–Kier alpha value is -3.97. The number of hydrogen-bond acceptors (Lipinski definition) is 11. The lowest BCUT2D eigenvalue weighted by Crippen LogP contribution is -2.42. The molecule has 1 amide bonds. The maximum Gasteiger partial charge on any atom is 0.337 e. The molecule has 0 radical (unpaired) electrons. The predicted octanol–water partition coefficient (Wildman–Crippen LogP) is 0.334. The second kappa shape index (κ2) is 11.0. The van der Waals surface area contributed by atoms with E-state index in [2.05, 4.69) is 35.4 Å². The van der Waals surface area contributed by atoms with E-state index in [1.54, 1.807) is 14.0 Å². The Morgan fingerprint density at radius 2 is 2.03 bits per heavy atom. The second-order valence-electron chi connectivity index (χ2n) is 7.69. The van der Waals surface area contributed by atoms with Crippen LogP contribution in [0.15, 0.2) is 30.3 Å². The third kappa shape index (κ3) is 6.13. The van der Waals surface area contributed by atoms with Crippen LogP contribution in [0.5, 0.6) is 5.75 Å². The minimum absolute atomic E-state index is 0.0816. The van der Waals surface area contributed by atoms with Gasteiger partial charge in [0, 0.05) is 6.54 Å². The summed E-state index contributed by atoms with van der Waals surface area (Å²) < 4.78 is 21.0. The number of esters is 1. The van der Waals surface area contributed by atoms with Crippen molar-refractivity contribution in [2.45, 2.75) is 32.2 Å². The van der Waals surface area contributed by atoms with Gasteiger partial charge in [0.15, 0.2) is 6.10 Å². The lowest BCUT2D eigenvalue weighted by atomic mass is 10.2. The molecule has 1 aromatic carbocycles. The molecule has 13 nitrogen and oxygen atoms in total. The first-order valence-electron chi connectivity index (χ1n) is 10.8. The molecule has 4 rings (SSSR count). The van der Waals surface area contributed by atoms with Crippen LogP contribution in [0.1, 0.15) is 21.9 Å². The Morgan fingerprint density at radius 1 is 1.17 bits per heavy atom. The summed E-state index contributed by atoms with van der Waals surface area (Å²) in [4.78, 5) is 34.1. The molecule has 0 aliphatic carbocycles. The van der Waals surface area contributed by atoms with Gasteiger partial charge in [0.05, 0.1) is 34.0 Å². The Morgan fingerprint density at radius 3 is 2.77 bits per heavy atom. The molecule has 2 atom stereocenters. The fourth-order valence-corrected chi connectivity index (χ4v) is 3.38. The van der Waals surface area contributed by atoms with Gasteiger partial charge >= 0.3 is 5.97 Å². The molecule has 0 unspecified atom stereocenters. The van der Waals surface area contributed by atoms with Crippen LogP contribution in [0.25, 0.3) is 11.5 Å². The molecule has 13 heteroatoms. The molecule has 2 aromatic heterocycles. The molecule has 184 valence electrons. The molecular weight excluding hydrogens is 458 g/mol. The van der Waals surface area contributed by atoms with Crippen molar-refractivity contribution in [3.63, 3.8) is 0 Å². The minimum Gasteiger partial charge on any atom is -0.497 e. The van der Waals surface area contributed by atoms with E-state index in [1.165, 1.54) is 18.0 Å². The summed E-state index contributed by atoms with van der Waals surface area (Å²) in [6, 6.07) is 8.92. The number of nitrogens with zero attached hydrogens (tertiary/aromatic N) is 6. The van der Waals surface area contributed by atoms with E-state index in [4.69, 9.17) is 14.2 Å². The van der Waals surface area contributed by atoms with Crippen molar-refractivity contribution < 1.29 is 28.5 Å². The fourth-order valence-electron chi connectivity index (χ4n) is 3.38. The van der Waals surface area contributed by atoms with Crippen molar-refractivity contribution in [3.05, 3.63) is 47.4 Å². The number of methoxy groups -OCH3 is 2. The Kier molecular flexibility index (Phi) is 7.57. The first kappa shape index (κ1) is 24.2. The SMILES string of the molecule is COC(=O)[C@@H]1CO[C@H](Cn2nnc(-c3cc(C(=O)NCc4cccc(OC)c4)nc(C)n3)n2)CO1. The van der Waals surface area contributed by atoms with Gasteiger partial charge in [0.25, 0.3) is 5.91 Å². The van der Waals surface area contributed by atoms with E-state index in [-0.39, 0.29) is 43.3 Å². The topological polar surface area (TPSA) is 152 Å². The predicted molar refractivity (Wildman–Crippen MR) is 119 cm³/mol. The molecule has 3 aromatic rings. The average molecular weight is 483 g/mol. The van der Waals surface area contributed by atoms with Crippen LogP contribution in [-0.2, 0) is 32.1 Å². The van der Waals surface area contributed by atoms with Gasteiger partial charge in [-0.15, -0.1) is 10.2 Å². The Balaban J connectivity index is 1.39. The van der Waals surface area contributed by atoms with E-state index in [0.29, 0.717) is 23.8 Å². The maximum atomic E-state index is 12.7. The summed E-state index contributed by atoms with van der Waals surface area (Å²) in [6.45, 7) is 2.51. The number of benzene rings is 1. The van der Waals surface area contributed by atoms with Gasteiger partial charge in [-0.25, -0.2) is 14.8 Å².